The van der Waals surface area contributed by atoms with E-state index in [4.69, 9.17) is 10.8 Å². The van der Waals surface area contributed by atoms with E-state index in [0.717, 1.165) is 0 Å². The number of H-pyrrole nitrogens is 1. The minimum Gasteiger partial charge on any atom is -0.478 e. The van der Waals surface area contributed by atoms with Crippen LogP contribution in [0.4, 0.5) is 5.95 Å². The predicted octanol–water partition coefficient (Wildman–Crippen LogP) is -0.181. The maximum absolute atomic E-state index is 11.9. The smallest absolute Gasteiger partial charge is 0.335 e. The summed E-state index contributed by atoms with van der Waals surface area (Å²) in [6, 6.07) is 6.35. The van der Waals surface area contributed by atoms with Gasteiger partial charge in [-0.05, 0) is 18.2 Å². The SMILES string of the molecule is C[n+]1cn(-c2cccc(C(=O)O)c2)c2nc(N)[nH]c(=O)c21. The third-order valence-corrected chi connectivity index (χ3v) is 3.14. The molecule has 0 spiro atoms. The zero-order chi connectivity index (χ0) is 15.1. The van der Waals surface area contributed by atoms with Gasteiger partial charge < -0.3 is 10.8 Å². The van der Waals surface area contributed by atoms with Gasteiger partial charge in [0.05, 0.1) is 12.6 Å². The number of benzene rings is 1. The molecular weight excluding hydrogens is 274 g/mol. The first-order chi connectivity index (χ1) is 9.97. The number of aromatic carboxylic acids is 1. The Bertz CT molecular complexity index is 925. The summed E-state index contributed by atoms with van der Waals surface area (Å²) in [7, 11) is 1.70. The van der Waals surface area contributed by atoms with E-state index in [0.29, 0.717) is 16.9 Å². The number of fused-ring (bicyclic) bond motifs is 1. The number of nitrogens with zero attached hydrogens (tertiary/aromatic N) is 3. The van der Waals surface area contributed by atoms with Crippen molar-refractivity contribution < 1.29 is 14.5 Å². The summed E-state index contributed by atoms with van der Waals surface area (Å²) in [5, 5.41) is 9.06. The fourth-order valence-electron chi connectivity index (χ4n) is 2.22. The van der Waals surface area contributed by atoms with E-state index in [1.165, 1.54) is 12.1 Å². The van der Waals surface area contributed by atoms with Crippen molar-refractivity contribution in [3.8, 4) is 5.69 Å². The topological polar surface area (TPSA) is 118 Å². The molecule has 0 aliphatic heterocycles. The Hall–Kier alpha value is -3.16. The quantitative estimate of drug-likeness (QED) is 0.565. The van der Waals surface area contributed by atoms with Gasteiger partial charge in [-0.1, -0.05) is 6.07 Å². The highest BCUT2D eigenvalue weighted by Crippen LogP contribution is 2.15. The molecule has 21 heavy (non-hydrogen) atoms. The van der Waals surface area contributed by atoms with E-state index >= 15 is 0 Å². The molecule has 8 nitrogen and oxygen atoms in total. The second kappa shape index (κ2) is 4.44. The van der Waals surface area contributed by atoms with E-state index < -0.39 is 5.97 Å². The van der Waals surface area contributed by atoms with E-state index in [1.54, 1.807) is 34.6 Å². The fourth-order valence-corrected chi connectivity index (χ4v) is 2.22. The molecule has 3 aromatic rings. The van der Waals surface area contributed by atoms with Crippen molar-refractivity contribution in [2.45, 2.75) is 0 Å². The number of rotatable bonds is 2. The second-order valence-electron chi connectivity index (χ2n) is 4.58. The summed E-state index contributed by atoms with van der Waals surface area (Å²) < 4.78 is 3.22. The van der Waals surface area contributed by atoms with Crippen LogP contribution in [0.15, 0.2) is 35.4 Å². The Kier molecular flexibility index (Phi) is 2.72. The van der Waals surface area contributed by atoms with Gasteiger partial charge in [0.25, 0.3) is 17.5 Å². The van der Waals surface area contributed by atoms with Gasteiger partial charge in [-0.25, -0.2) is 9.36 Å². The van der Waals surface area contributed by atoms with E-state index in [9.17, 15) is 9.59 Å². The third kappa shape index (κ3) is 2.02. The summed E-state index contributed by atoms with van der Waals surface area (Å²) >= 11 is 0. The Morgan fingerprint density at radius 2 is 2.24 bits per heavy atom. The molecule has 2 heterocycles. The largest absolute Gasteiger partial charge is 0.478 e. The van der Waals surface area contributed by atoms with Crippen LogP contribution in [0.1, 0.15) is 10.4 Å². The molecule has 0 fully saturated rings. The monoisotopic (exact) mass is 286 g/mol. The van der Waals surface area contributed by atoms with Gasteiger partial charge in [0.1, 0.15) is 5.69 Å². The molecule has 106 valence electrons. The number of nitrogen functional groups attached to an aromatic ring is 1. The maximum atomic E-state index is 11.9. The third-order valence-electron chi connectivity index (χ3n) is 3.14. The van der Waals surface area contributed by atoms with Crippen LogP contribution in [0.5, 0.6) is 0 Å². The number of aromatic nitrogens is 4. The van der Waals surface area contributed by atoms with Gasteiger partial charge in [0.2, 0.25) is 5.95 Å². The molecule has 0 bridgehead atoms. The highest BCUT2D eigenvalue weighted by molar-refractivity contribution is 5.88. The van der Waals surface area contributed by atoms with Crippen molar-refractivity contribution in [2.24, 2.45) is 7.05 Å². The van der Waals surface area contributed by atoms with Crippen molar-refractivity contribution in [1.29, 1.82) is 0 Å². The number of aromatic amines is 1. The number of carboxylic acids is 1. The van der Waals surface area contributed by atoms with Crippen LogP contribution in [0.25, 0.3) is 16.9 Å². The number of nitrogens with two attached hydrogens (primary N) is 1. The maximum Gasteiger partial charge on any atom is 0.335 e. The molecule has 0 saturated carbocycles. The van der Waals surface area contributed by atoms with Gasteiger partial charge in [0, 0.05) is 0 Å². The Balaban J connectivity index is 2.33. The first-order valence-electron chi connectivity index (χ1n) is 6.07. The zero-order valence-corrected chi connectivity index (χ0v) is 11.1. The Morgan fingerprint density at radius 1 is 1.48 bits per heavy atom. The summed E-state index contributed by atoms with van der Waals surface area (Å²) in [6.07, 6.45) is 1.65. The van der Waals surface area contributed by atoms with Gasteiger partial charge >= 0.3 is 11.5 Å². The van der Waals surface area contributed by atoms with Gasteiger partial charge in [0.15, 0.2) is 0 Å². The summed E-state index contributed by atoms with van der Waals surface area (Å²) in [4.78, 5) is 29.5. The summed E-state index contributed by atoms with van der Waals surface area (Å²) in [6.45, 7) is 0. The highest BCUT2D eigenvalue weighted by atomic mass is 16.4. The number of hydrogen-bond acceptors (Lipinski definition) is 4. The van der Waals surface area contributed by atoms with E-state index in [2.05, 4.69) is 9.97 Å². The molecule has 0 saturated heterocycles. The first kappa shape index (κ1) is 12.9. The fraction of sp³-hybridized carbons (Fsp3) is 0.0769. The van der Waals surface area contributed by atoms with E-state index in [-0.39, 0.29) is 17.1 Å². The summed E-state index contributed by atoms with van der Waals surface area (Å²) in [5.41, 5.74) is 6.67. The molecule has 2 aromatic heterocycles. The minimum atomic E-state index is -1.02. The van der Waals surface area contributed by atoms with Gasteiger partial charge in [-0.3, -0.25) is 9.78 Å². The van der Waals surface area contributed by atoms with Gasteiger partial charge in [-0.2, -0.15) is 9.55 Å². The van der Waals surface area contributed by atoms with Crippen molar-refractivity contribution >= 4 is 23.1 Å². The van der Waals surface area contributed by atoms with Crippen LogP contribution in [0, 0.1) is 0 Å². The number of aryl methyl sites for hydroxylation is 1. The minimum absolute atomic E-state index is 0.00170. The van der Waals surface area contributed by atoms with Crippen molar-refractivity contribution in [3.63, 3.8) is 0 Å². The van der Waals surface area contributed by atoms with Crippen molar-refractivity contribution in [1.82, 2.24) is 14.5 Å². The van der Waals surface area contributed by atoms with Crippen LogP contribution < -0.4 is 15.9 Å². The molecule has 4 N–H and O–H groups in total. The number of carbonyl (C=O) groups is 1. The number of imidazole rings is 1. The molecule has 3 rings (SSSR count). The zero-order valence-electron chi connectivity index (χ0n) is 11.1. The standard InChI is InChI=1S/C13H11N5O3/c1-17-6-18(8-4-2-3-7(5-8)12(20)21)10-9(17)11(19)16-13(14)15-10/h2-6H,1H3,(H3-,14,15,16,19,20,21)/p+1. The second-order valence-corrected chi connectivity index (χ2v) is 4.58. The molecule has 0 amide bonds. The molecule has 0 unspecified atom stereocenters. The molecule has 1 aromatic carbocycles. The van der Waals surface area contributed by atoms with Crippen LogP contribution in [-0.4, -0.2) is 25.6 Å². The Morgan fingerprint density at radius 3 is 2.95 bits per heavy atom. The number of carboxylic acid groups (broad SMARTS) is 1. The number of nitrogens with one attached hydrogen (secondary N) is 1. The molecular formula is C13H12N5O3+. The normalized spacial score (nSPS) is 10.9. The van der Waals surface area contributed by atoms with Crippen LogP contribution >= 0.6 is 0 Å². The lowest BCUT2D eigenvalue weighted by Gasteiger charge is -1.99. The van der Waals surface area contributed by atoms with E-state index in [1.807, 2.05) is 0 Å². The molecule has 0 aliphatic rings. The lowest BCUT2D eigenvalue weighted by molar-refractivity contribution is -0.646. The van der Waals surface area contributed by atoms with Crippen LogP contribution in [0.2, 0.25) is 0 Å². The van der Waals surface area contributed by atoms with Gasteiger partial charge in [-0.15, -0.1) is 0 Å². The number of anilines is 1. The lowest BCUT2D eigenvalue weighted by atomic mass is 10.2. The molecule has 8 heteroatoms. The average molecular weight is 286 g/mol. The van der Waals surface area contributed by atoms with Crippen molar-refractivity contribution in [2.75, 3.05) is 5.73 Å². The van der Waals surface area contributed by atoms with Crippen molar-refractivity contribution in [3.05, 3.63) is 46.5 Å². The molecule has 0 aliphatic carbocycles. The Labute approximate surface area is 118 Å². The predicted molar refractivity (Wildman–Crippen MR) is 74.2 cm³/mol. The number of hydrogen-bond donors (Lipinski definition) is 3. The molecule has 0 atom stereocenters. The first-order valence-corrected chi connectivity index (χ1v) is 6.07. The lowest BCUT2D eigenvalue weighted by Crippen LogP contribution is -2.31. The highest BCUT2D eigenvalue weighted by Gasteiger charge is 2.21. The van der Waals surface area contributed by atoms with Crippen LogP contribution in [-0.2, 0) is 7.05 Å². The molecule has 0 radical (unpaired) electrons. The van der Waals surface area contributed by atoms with Crippen LogP contribution in [0.3, 0.4) is 0 Å². The average Bonchev–Trinajstić information content (AvgIpc) is 2.76. The summed E-state index contributed by atoms with van der Waals surface area (Å²) in [5.74, 6) is -1.02.